The SMILES string of the molecule is O=C(O)CSCCNC(=O)C(F)c1ccc(C(F)(F)F)cc1. The first-order valence-corrected chi connectivity index (χ1v) is 7.25. The van der Waals surface area contributed by atoms with Crippen LogP contribution in [0.2, 0.25) is 0 Å². The molecule has 1 rings (SSSR count). The summed E-state index contributed by atoms with van der Waals surface area (Å²) in [6.07, 6.45) is -6.60. The maximum Gasteiger partial charge on any atom is 0.416 e. The number of thioether (sulfide) groups is 1. The highest BCUT2D eigenvalue weighted by atomic mass is 32.2. The number of carbonyl (C=O) groups excluding carboxylic acids is 1. The topological polar surface area (TPSA) is 66.4 Å². The number of amides is 1. The first kappa shape index (κ1) is 18.3. The average molecular weight is 339 g/mol. The fourth-order valence-electron chi connectivity index (χ4n) is 1.49. The van der Waals surface area contributed by atoms with Crippen molar-refractivity contribution in [2.75, 3.05) is 18.1 Å². The Morgan fingerprint density at radius 3 is 2.32 bits per heavy atom. The molecule has 9 heteroatoms. The van der Waals surface area contributed by atoms with Crippen LogP contribution in [0.25, 0.3) is 0 Å². The Hall–Kier alpha value is -1.77. The number of halogens is 4. The smallest absolute Gasteiger partial charge is 0.416 e. The van der Waals surface area contributed by atoms with E-state index >= 15 is 0 Å². The van der Waals surface area contributed by atoms with Crippen LogP contribution < -0.4 is 5.32 Å². The van der Waals surface area contributed by atoms with Crippen LogP contribution >= 0.6 is 11.8 Å². The van der Waals surface area contributed by atoms with Crippen molar-refractivity contribution < 1.29 is 32.3 Å². The van der Waals surface area contributed by atoms with E-state index in [-0.39, 0.29) is 23.6 Å². The molecule has 0 aliphatic carbocycles. The number of aliphatic carboxylic acids is 1. The van der Waals surface area contributed by atoms with Gasteiger partial charge >= 0.3 is 12.1 Å². The van der Waals surface area contributed by atoms with E-state index in [0.29, 0.717) is 12.1 Å². The lowest BCUT2D eigenvalue weighted by Crippen LogP contribution is -2.29. The summed E-state index contributed by atoms with van der Waals surface area (Å²) in [5.74, 6) is -1.81. The molecular weight excluding hydrogens is 326 g/mol. The Morgan fingerprint density at radius 2 is 1.82 bits per heavy atom. The summed E-state index contributed by atoms with van der Waals surface area (Å²) >= 11 is 1.05. The van der Waals surface area contributed by atoms with E-state index in [1.54, 1.807) is 0 Å². The van der Waals surface area contributed by atoms with Crippen molar-refractivity contribution in [3.05, 3.63) is 35.4 Å². The molecular formula is C13H13F4NO3S. The Bertz CT molecular complexity index is 519. The molecule has 0 radical (unpaired) electrons. The first-order valence-electron chi connectivity index (χ1n) is 6.10. The molecule has 22 heavy (non-hydrogen) atoms. The zero-order valence-electron chi connectivity index (χ0n) is 11.2. The van der Waals surface area contributed by atoms with E-state index in [9.17, 15) is 27.2 Å². The highest BCUT2D eigenvalue weighted by molar-refractivity contribution is 7.99. The minimum atomic E-state index is -4.52. The third-order valence-corrected chi connectivity index (χ3v) is 3.48. The van der Waals surface area contributed by atoms with Crippen LogP contribution in [0.1, 0.15) is 17.3 Å². The molecule has 0 saturated carbocycles. The molecule has 1 atom stereocenters. The van der Waals surface area contributed by atoms with E-state index in [0.717, 1.165) is 23.9 Å². The molecule has 1 aromatic rings. The number of nitrogens with one attached hydrogen (secondary N) is 1. The number of hydrogen-bond acceptors (Lipinski definition) is 3. The van der Waals surface area contributed by atoms with Crippen molar-refractivity contribution in [3.8, 4) is 0 Å². The van der Waals surface area contributed by atoms with Crippen LogP contribution in [-0.4, -0.2) is 35.0 Å². The van der Waals surface area contributed by atoms with Crippen molar-refractivity contribution in [1.82, 2.24) is 5.32 Å². The summed E-state index contributed by atoms with van der Waals surface area (Å²) in [5.41, 5.74) is -1.10. The van der Waals surface area contributed by atoms with Crippen molar-refractivity contribution >= 4 is 23.6 Å². The van der Waals surface area contributed by atoms with E-state index in [4.69, 9.17) is 5.11 Å². The molecule has 4 nitrogen and oxygen atoms in total. The maximum atomic E-state index is 13.8. The van der Waals surface area contributed by atoms with Gasteiger partial charge in [0.15, 0.2) is 0 Å². The maximum absolute atomic E-state index is 13.8. The van der Waals surface area contributed by atoms with Crippen molar-refractivity contribution in [1.29, 1.82) is 0 Å². The molecule has 2 N–H and O–H groups in total. The zero-order chi connectivity index (χ0) is 16.8. The minimum Gasteiger partial charge on any atom is -0.481 e. The second-order valence-corrected chi connectivity index (χ2v) is 5.32. The van der Waals surface area contributed by atoms with Crippen molar-refractivity contribution in [3.63, 3.8) is 0 Å². The van der Waals surface area contributed by atoms with Gasteiger partial charge in [-0.15, -0.1) is 11.8 Å². The summed E-state index contributed by atoms with van der Waals surface area (Å²) < 4.78 is 50.9. The Kier molecular flexibility index (Phi) is 6.66. The van der Waals surface area contributed by atoms with E-state index in [1.165, 1.54) is 0 Å². The Morgan fingerprint density at radius 1 is 1.23 bits per heavy atom. The van der Waals surface area contributed by atoms with Crippen LogP contribution in [-0.2, 0) is 15.8 Å². The predicted octanol–water partition coefficient (Wildman–Crippen LogP) is 2.65. The van der Waals surface area contributed by atoms with Crippen molar-refractivity contribution in [2.24, 2.45) is 0 Å². The van der Waals surface area contributed by atoms with Gasteiger partial charge in [0.25, 0.3) is 5.91 Å². The summed E-state index contributed by atoms with van der Waals surface area (Å²) in [7, 11) is 0. The van der Waals surface area contributed by atoms with Gasteiger partial charge in [-0.2, -0.15) is 13.2 Å². The standard InChI is InChI=1S/C13H13F4NO3S/c14-11(12(21)18-5-6-22-7-10(19)20)8-1-3-9(4-2-8)13(15,16)17/h1-4,11H,5-7H2,(H,18,21)(H,19,20). The largest absolute Gasteiger partial charge is 0.481 e. The number of rotatable bonds is 7. The lowest BCUT2D eigenvalue weighted by Gasteiger charge is -2.11. The third kappa shape index (κ3) is 5.92. The molecule has 1 aromatic carbocycles. The highest BCUT2D eigenvalue weighted by Crippen LogP contribution is 2.30. The number of carboxylic acids is 1. The van der Waals surface area contributed by atoms with Crippen LogP contribution in [0.4, 0.5) is 17.6 Å². The average Bonchev–Trinajstić information content (AvgIpc) is 2.44. The van der Waals surface area contributed by atoms with Gasteiger partial charge in [0.1, 0.15) is 0 Å². The minimum absolute atomic E-state index is 0.0673. The fourth-order valence-corrected chi connectivity index (χ4v) is 2.05. The Labute approximate surface area is 127 Å². The number of alkyl halides is 4. The monoisotopic (exact) mass is 339 g/mol. The van der Waals surface area contributed by atoms with E-state index in [1.807, 2.05) is 0 Å². The Balaban J connectivity index is 2.47. The second-order valence-electron chi connectivity index (χ2n) is 4.22. The van der Waals surface area contributed by atoms with Gasteiger partial charge in [-0.05, 0) is 17.7 Å². The number of benzene rings is 1. The summed E-state index contributed by atoms with van der Waals surface area (Å²) in [6, 6.07) is 3.23. The molecule has 0 fully saturated rings. The molecule has 0 aliphatic rings. The second kappa shape index (κ2) is 8.02. The molecule has 0 aliphatic heterocycles. The molecule has 0 spiro atoms. The van der Waals surface area contributed by atoms with Crippen LogP contribution in [0.15, 0.2) is 24.3 Å². The van der Waals surface area contributed by atoms with Crippen LogP contribution in [0.3, 0.4) is 0 Å². The molecule has 1 unspecified atom stereocenters. The molecule has 0 saturated heterocycles. The van der Waals surface area contributed by atoms with Gasteiger partial charge in [-0.3, -0.25) is 9.59 Å². The predicted molar refractivity (Wildman–Crippen MR) is 73.3 cm³/mol. The van der Waals surface area contributed by atoms with Gasteiger partial charge < -0.3 is 10.4 Å². The zero-order valence-corrected chi connectivity index (χ0v) is 12.0. The molecule has 1 amide bonds. The summed E-state index contributed by atoms with van der Waals surface area (Å²) in [5, 5.41) is 10.6. The lowest BCUT2D eigenvalue weighted by molar-refractivity contribution is -0.137. The molecule has 0 heterocycles. The summed E-state index contributed by atoms with van der Waals surface area (Å²) in [4.78, 5) is 21.7. The van der Waals surface area contributed by atoms with Gasteiger partial charge in [0.2, 0.25) is 6.17 Å². The molecule has 0 bridgehead atoms. The van der Waals surface area contributed by atoms with Crippen molar-refractivity contribution in [2.45, 2.75) is 12.3 Å². The quantitative estimate of drug-likeness (QED) is 0.592. The van der Waals surface area contributed by atoms with Gasteiger partial charge in [-0.25, -0.2) is 4.39 Å². The van der Waals surface area contributed by atoms with Crippen LogP contribution in [0.5, 0.6) is 0 Å². The highest BCUT2D eigenvalue weighted by Gasteiger charge is 2.30. The van der Waals surface area contributed by atoms with Gasteiger partial charge in [-0.1, -0.05) is 12.1 Å². The van der Waals surface area contributed by atoms with Crippen LogP contribution in [0, 0.1) is 0 Å². The first-order chi connectivity index (χ1) is 10.2. The molecule has 122 valence electrons. The van der Waals surface area contributed by atoms with E-state index < -0.39 is 29.8 Å². The number of carboxylic acid groups (broad SMARTS) is 1. The lowest BCUT2D eigenvalue weighted by atomic mass is 10.1. The van der Waals surface area contributed by atoms with Gasteiger partial charge in [0, 0.05) is 12.3 Å². The van der Waals surface area contributed by atoms with Gasteiger partial charge in [0.05, 0.1) is 11.3 Å². The molecule has 0 aromatic heterocycles. The normalized spacial score (nSPS) is 12.7. The third-order valence-electron chi connectivity index (χ3n) is 2.53. The summed E-state index contributed by atoms with van der Waals surface area (Å²) in [6.45, 7) is 0.0673. The fraction of sp³-hybridized carbons (Fsp3) is 0.385. The number of carbonyl (C=O) groups is 2. The number of hydrogen-bond donors (Lipinski definition) is 2. The van der Waals surface area contributed by atoms with E-state index in [2.05, 4.69) is 5.32 Å².